The Labute approximate surface area is 129 Å². The number of aromatic nitrogens is 2. The van der Waals surface area contributed by atoms with E-state index < -0.39 is 0 Å². The minimum absolute atomic E-state index is 0.539. The molecule has 2 rings (SSSR count). The summed E-state index contributed by atoms with van der Waals surface area (Å²) < 4.78 is 0. The second-order valence-electron chi connectivity index (χ2n) is 6.41. The number of nitrogens with one attached hydrogen (secondary N) is 2. The molecule has 0 bridgehead atoms. The fourth-order valence-electron chi connectivity index (χ4n) is 3.02. The maximum atomic E-state index is 4.72. The standard InChI is InChI=1S/C17H30N4/c1-6-10-18-16-13(5)17(21-15(7-2)20-16)19-14-9-8-11(3)12(14)4/h11-12,14H,6-10H2,1-5H3,(H2,18,19,20,21). The Hall–Kier alpha value is -1.32. The third-order valence-electron chi connectivity index (χ3n) is 4.84. The molecule has 1 aliphatic rings. The lowest BCUT2D eigenvalue weighted by Crippen LogP contribution is -2.25. The van der Waals surface area contributed by atoms with Crippen LogP contribution < -0.4 is 10.6 Å². The monoisotopic (exact) mass is 290 g/mol. The van der Waals surface area contributed by atoms with Crippen molar-refractivity contribution in [3.05, 3.63) is 11.4 Å². The van der Waals surface area contributed by atoms with Crippen LogP contribution in [-0.2, 0) is 6.42 Å². The van der Waals surface area contributed by atoms with Crippen LogP contribution in [0.3, 0.4) is 0 Å². The van der Waals surface area contributed by atoms with Gasteiger partial charge in [-0.1, -0.05) is 27.7 Å². The normalized spacial score (nSPS) is 25.1. The maximum absolute atomic E-state index is 4.72. The van der Waals surface area contributed by atoms with Crippen molar-refractivity contribution in [2.24, 2.45) is 11.8 Å². The number of nitrogens with zero attached hydrogens (tertiary/aromatic N) is 2. The zero-order valence-electron chi connectivity index (χ0n) is 14.2. The Bertz CT molecular complexity index is 472. The number of hydrogen-bond donors (Lipinski definition) is 2. The molecule has 1 heterocycles. The van der Waals surface area contributed by atoms with Gasteiger partial charge in [-0.3, -0.25) is 0 Å². The van der Waals surface area contributed by atoms with Gasteiger partial charge in [0, 0.05) is 24.6 Å². The van der Waals surface area contributed by atoms with Crippen molar-refractivity contribution in [3.8, 4) is 0 Å². The first-order valence-corrected chi connectivity index (χ1v) is 8.44. The van der Waals surface area contributed by atoms with Gasteiger partial charge in [0.05, 0.1) is 0 Å². The molecule has 1 saturated carbocycles. The molecule has 1 aromatic rings. The molecule has 3 atom stereocenters. The molecular weight excluding hydrogens is 260 g/mol. The lowest BCUT2D eigenvalue weighted by atomic mass is 9.98. The van der Waals surface area contributed by atoms with Gasteiger partial charge in [0.1, 0.15) is 17.5 Å². The van der Waals surface area contributed by atoms with Crippen LogP contribution in [0, 0.1) is 18.8 Å². The smallest absolute Gasteiger partial charge is 0.135 e. The predicted octanol–water partition coefficient (Wildman–Crippen LogP) is 4.02. The average Bonchev–Trinajstić information content (AvgIpc) is 2.80. The molecular formula is C17H30N4. The Morgan fingerprint density at radius 3 is 2.38 bits per heavy atom. The molecule has 1 aromatic heterocycles. The quantitative estimate of drug-likeness (QED) is 0.831. The van der Waals surface area contributed by atoms with E-state index in [0.717, 1.165) is 48.3 Å². The molecule has 21 heavy (non-hydrogen) atoms. The van der Waals surface area contributed by atoms with E-state index in [9.17, 15) is 0 Å². The third-order valence-corrected chi connectivity index (χ3v) is 4.84. The molecule has 2 N–H and O–H groups in total. The molecule has 0 spiro atoms. The Balaban J connectivity index is 2.21. The van der Waals surface area contributed by atoms with E-state index in [-0.39, 0.29) is 0 Å². The number of hydrogen-bond acceptors (Lipinski definition) is 4. The van der Waals surface area contributed by atoms with E-state index in [0.29, 0.717) is 12.0 Å². The molecule has 0 aromatic carbocycles. The topological polar surface area (TPSA) is 49.8 Å². The summed E-state index contributed by atoms with van der Waals surface area (Å²) in [5.74, 6) is 4.43. The summed E-state index contributed by atoms with van der Waals surface area (Å²) in [6, 6.07) is 0.539. The van der Waals surface area contributed by atoms with Gasteiger partial charge in [-0.05, 0) is 38.0 Å². The number of rotatable bonds is 6. The first-order valence-electron chi connectivity index (χ1n) is 8.44. The van der Waals surface area contributed by atoms with Crippen LogP contribution in [0.5, 0.6) is 0 Å². The summed E-state index contributed by atoms with van der Waals surface area (Å²) >= 11 is 0. The van der Waals surface area contributed by atoms with Crippen molar-refractivity contribution in [3.63, 3.8) is 0 Å². The van der Waals surface area contributed by atoms with Gasteiger partial charge in [-0.15, -0.1) is 0 Å². The largest absolute Gasteiger partial charge is 0.370 e. The molecule has 118 valence electrons. The maximum Gasteiger partial charge on any atom is 0.135 e. The zero-order valence-corrected chi connectivity index (χ0v) is 14.2. The minimum Gasteiger partial charge on any atom is -0.370 e. The fourth-order valence-corrected chi connectivity index (χ4v) is 3.02. The van der Waals surface area contributed by atoms with Gasteiger partial charge in [-0.25, -0.2) is 9.97 Å². The first-order chi connectivity index (χ1) is 10.1. The summed E-state index contributed by atoms with van der Waals surface area (Å²) in [5, 5.41) is 7.12. The summed E-state index contributed by atoms with van der Waals surface area (Å²) in [5.41, 5.74) is 1.15. The van der Waals surface area contributed by atoms with Gasteiger partial charge in [0.25, 0.3) is 0 Å². The lowest BCUT2D eigenvalue weighted by Gasteiger charge is -2.22. The SMILES string of the molecule is CCCNc1nc(CC)nc(NC2CCC(C)C2C)c1C. The highest BCUT2D eigenvalue weighted by Crippen LogP contribution is 2.34. The summed E-state index contributed by atoms with van der Waals surface area (Å²) in [7, 11) is 0. The molecule has 4 nitrogen and oxygen atoms in total. The summed E-state index contributed by atoms with van der Waals surface area (Å²) in [6.07, 6.45) is 4.52. The van der Waals surface area contributed by atoms with Gasteiger partial charge in [0.15, 0.2) is 0 Å². The van der Waals surface area contributed by atoms with E-state index in [1.165, 1.54) is 12.8 Å². The van der Waals surface area contributed by atoms with E-state index in [1.54, 1.807) is 0 Å². The Morgan fingerprint density at radius 1 is 1.10 bits per heavy atom. The number of anilines is 2. The van der Waals surface area contributed by atoms with Crippen LogP contribution >= 0.6 is 0 Å². The molecule has 3 unspecified atom stereocenters. The van der Waals surface area contributed by atoms with Gasteiger partial charge < -0.3 is 10.6 Å². The Morgan fingerprint density at radius 2 is 1.81 bits per heavy atom. The van der Waals surface area contributed by atoms with Crippen LogP contribution in [-0.4, -0.2) is 22.6 Å². The van der Waals surface area contributed by atoms with Crippen LogP contribution in [0.4, 0.5) is 11.6 Å². The molecule has 0 amide bonds. The van der Waals surface area contributed by atoms with Crippen LogP contribution in [0.2, 0.25) is 0 Å². The molecule has 4 heteroatoms. The predicted molar refractivity (Wildman–Crippen MR) is 89.9 cm³/mol. The van der Waals surface area contributed by atoms with Gasteiger partial charge in [-0.2, -0.15) is 0 Å². The molecule has 0 saturated heterocycles. The van der Waals surface area contributed by atoms with E-state index in [2.05, 4.69) is 50.2 Å². The minimum atomic E-state index is 0.539. The molecule has 0 radical (unpaired) electrons. The van der Waals surface area contributed by atoms with Crippen LogP contribution in [0.25, 0.3) is 0 Å². The second-order valence-corrected chi connectivity index (χ2v) is 6.41. The van der Waals surface area contributed by atoms with Crippen molar-refractivity contribution in [2.75, 3.05) is 17.2 Å². The van der Waals surface area contributed by atoms with Gasteiger partial charge in [0.2, 0.25) is 0 Å². The lowest BCUT2D eigenvalue weighted by molar-refractivity contribution is 0.435. The molecule has 0 aliphatic heterocycles. The second kappa shape index (κ2) is 7.10. The van der Waals surface area contributed by atoms with Gasteiger partial charge >= 0.3 is 0 Å². The Kier molecular flexibility index (Phi) is 5.43. The van der Waals surface area contributed by atoms with E-state index in [4.69, 9.17) is 4.98 Å². The summed E-state index contributed by atoms with van der Waals surface area (Å²) in [6.45, 7) is 12.1. The fraction of sp³-hybridized carbons (Fsp3) is 0.765. The van der Waals surface area contributed by atoms with Crippen LogP contribution in [0.1, 0.15) is 58.3 Å². The summed E-state index contributed by atoms with van der Waals surface area (Å²) in [4.78, 5) is 9.36. The highest BCUT2D eigenvalue weighted by atomic mass is 15.1. The van der Waals surface area contributed by atoms with Crippen molar-refractivity contribution < 1.29 is 0 Å². The third kappa shape index (κ3) is 3.66. The average molecular weight is 290 g/mol. The van der Waals surface area contributed by atoms with Crippen molar-refractivity contribution in [1.29, 1.82) is 0 Å². The van der Waals surface area contributed by atoms with Crippen molar-refractivity contribution in [2.45, 2.75) is 66.3 Å². The zero-order chi connectivity index (χ0) is 15.4. The first kappa shape index (κ1) is 16.1. The molecule has 1 fully saturated rings. The molecule has 1 aliphatic carbocycles. The highest BCUT2D eigenvalue weighted by Gasteiger charge is 2.30. The van der Waals surface area contributed by atoms with E-state index in [1.807, 2.05) is 0 Å². The van der Waals surface area contributed by atoms with E-state index >= 15 is 0 Å². The van der Waals surface area contributed by atoms with Crippen molar-refractivity contribution in [1.82, 2.24) is 9.97 Å². The highest BCUT2D eigenvalue weighted by molar-refractivity contribution is 5.57. The van der Waals surface area contributed by atoms with Crippen molar-refractivity contribution >= 4 is 11.6 Å². The number of aryl methyl sites for hydroxylation is 1. The van der Waals surface area contributed by atoms with Crippen LogP contribution in [0.15, 0.2) is 0 Å².